The van der Waals surface area contributed by atoms with Crippen molar-refractivity contribution in [3.8, 4) is 11.4 Å². The monoisotopic (exact) mass is 494 g/mol. The van der Waals surface area contributed by atoms with E-state index in [0.717, 1.165) is 10.6 Å². The lowest BCUT2D eigenvalue weighted by Gasteiger charge is -2.13. The molecule has 4 rings (SSSR count). The molecule has 12 heteroatoms. The number of urea groups is 1. The number of esters is 1. The highest BCUT2D eigenvalue weighted by atomic mass is 16.6. The van der Waals surface area contributed by atoms with Crippen molar-refractivity contribution < 1.29 is 33.2 Å². The summed E-state index contributed by atoms with van der Waals surface area (Å²) in [5.41, 5.74) is 2.45. The van der Waals surface area contributed by atoms with E-state index in [2.05, 4.69) is 10.1 Å². The second-order valence-corrected chi connectivity index (χ2v) is 7.91. The van der Waals surface area contributed by atoms with Crippen LogP contribution < -0.4 is 10.1 Å². The van der Waals surface area contributed by atoms with Gasteiger partial charge in [0.2, 0.25) is 5.76 Å². The Kier molecular flexibility index (Phi) is 6.34. The molecule has 3 amide bonds. The first-order valence-electron chi connectivity index (χ1n) is 10.7. The molecule has 0 aliphatic carbocycles. The number of nitrogens with one attached hydrogen (secondary N) is 1. The number of rotatable bonds is 7. The first-order chi connectivity index (χ1) is 17.1. The summed E-state index contributed by atoms with van der Waals surface area (Å²) in [6.45, 7) is 3.42. The molecule has 0 saturated carbocycles. The summed E-state index contributed by atoms with van der Waals surface area (Å²) in [5, 5.41) is 13.8. The SMILES string of the molecule is COC(=O)c1ccc(CN2C(=O)N/C(=C\c3cc(C)n(-c4cc([N+](=O)[O-])ccc4OC)c3C)C2=O)o1. The third-order valence-electron chi connectivity index (χ3n) is 5.71. The summed E-state index contributed by atoms with van der Waals surface area (Å²) >= 11 is 0. The van der Waals surface area contributed by atoms with Gasteiger partial charge < -0.3 is 23.8 Å². The van der Waals surface area contributed by atoms with Crippen LogP contribution in [0.5, 0.6) is 5.75 Å². The number of amides is 3. The highest BCUT2D eigenvalue weighted by Gasteiger charge is 2.34. The Bertz CT molecular complexity index is 1430. The van der Waals surface area contributed by atoms with Gasteiger partial charge in [-0.3, -0.25) is 19.8 Å². The second kappa shape index (κ2) is 9.41. The number of methoxy groups -OCH3 is 2. The lowest BCUT2D eigenvalue weighted by Crippen LogP contribution is -2.30. The Labute approximate surface area is 204 Å². The molecule has 0 radical (unpaired) electrons. The van der Waals surface area contributed by atoms with Crippen molar-refractivity contribution in [1.29, 1.82) is 0 Å². The van der Waals surface area contributed by atoms with Crippen molar-refractivity contribution in [1.82, 2.24) is 14.8 Å². The zero-order valence-corrected chi connectivity index (χ0v) is 19.9. The molecule has 1 aromatic carbocycles. The van der Waals surface area contributed by atoms with Crippen LogP contribution in [0.15, 0.2) is 46.5 Å². The third kappa shape index (κ3) is 4.31. The number of imide groups is 1. The van der Waals surface area contributed by atoms with Crippen LogP contribution in [0.1, 0.15) is 33.3 Å². The number of nitrogens with zero attached hydrogens (tertiary/aromatic N) is 3. The Balaban J connectivity index is 1.64. The van der Waals surface area contributed by atoms with Gasteiger partial charge in [-0.1, -0.05) is 0 Å². The number of aromatic nitrogens is 1. The molecule has 1 saturated heterocycles. The van der Waals surface area contributed by atoms with Crippen LogP contribution in [-0.4, -0.2) is 46.5 Å². The number of hydrogen-bond acceptors (Lipinski definition) is 8. The predicted molar refractivity (Wildman–Crippen MR) is 126 cm³/mol. The Morgan fingerprint density at radius 3 is 2.58 bits per heavy atom. The molecular formula is C24H22N4O8. The Hall–Kier alpha value is -4.87. The number of ether oxygens (including phenoxy) is 2. The number of nitro groups is 1. The molecule has 2 aromatic heterocycles. The van der Waals surface area contributed by atoms with Gasteiger partial charge in [0.15, 0.2) is 0 Å². The second-order valence-electron chi connectivity index (χ2n) is 7.91. The minimum Gasteiger partial charge on any atom is -0.495 e. The van der Waals surface area contributed by atoms with Gasteiger partial charge >= 0.3 is 12.0 Å². The minimum atomic E-state index is -0.672. The fourth-order valence-electron chi connectivity index (χ4n) is 3.97. The fraction of sp³-hybridized carbons (Fsp3) is 0.208. The third-order valence-corrected chi connectivity index (χ3v) is 5.71. The van der Waals surface area contributed by atoms with E-state index in [0.29, 0.717) is 22.7 Å². The summed E-state index contributed by atoms with van der Waals surface area (Å²) in [5.74, 6) is -0.623. The van der Waals surface area contributed by atoms with E-state index in [1.165, 1.54) is 50.6 Å². The zero-order chi connectivity index (χ0) is 26.1. The average molecular weight is 494 g/mol. The highest BCUT2D eigenvalue weighted by molar-refractivity contribution is 6.14. The molecule has 3 aromatic rings. The summed E-state index contributed by atoms with van der Waals surface area (Å²) < 4.78 is 17.1. The summed E-state index contributed by atoms with van der Waals surface area (Å²) in [4.78, 5) is 48.8. The van der Waals surface area contributed by atoms with Gasteiger partial charge in [-0.15, -0.1) is 0 Å². The van der Waals surface area contributed by atoms with Gasteiger partial charge in [0.25, 0.3) is 11.6 Å². The maximum atomic E-state index is 13.0. The average Bonchev–Trinajstić information content (AvgIpc) is 3.51. The van der Waals surface area contributed by atoms with Crippen LogP contribution in [0, 0.1) is 24.0 Å². The van der Waals surface area contributed by atoms with Crippen LogP contribution in [-0.2, 0) is 16.1 Å². The molecule has 0 spiro atoms. The molecule has 3 heterocycles. The quantitative estimate of drug-likeness (QED) is 0.173. The maximum absolute atomic E-state index is 13.0. The normalized spacial score (nSPS) is 14.3. The van der Waals surface area contributed by atoms with Crippen LogP contribution >= 0.6 is 0 Å². The van der Waals surface area contributed by atoms with Gasteiger partial charge in [0.05, 0.1) is 31.4 Å². The van der Waals surface area contributed by atoms with Gasteiger partial charge in [0, 0.05) is 23.5 Å². The molecule has 36 heavy (non-hydrogen) atoms. The largest absolute Gasteiger partial charge is 0.495 e. The Morgan fingerprint density at radius 2 is 1.92 bits per heavy atom. The van der Waals surface area contributed by atoms with Crippen LogP contribution in [0.3, 0.4) is 0 Å². The van der Waals surface area contributed by atoms with E-state index in [1.54, 1.807) is 17.6 Å². The molecule has 186 valence electrons. The number of furan rings is 1. The first kappa shape index (κ1) is 24.3. The first-order valence-corrected chi connectivity index (χ1v) is 10.7. The number of benzene rings is 1. The van der Waals surface area contributed by atoms with E-state index >= 15 is 0 Å². The minimum absolute atomic E-state index is 0.0423. The van der Waals surface area contributed by atoms with Gasteiger partial charge in [-0.05, 0) is 49.8 Å². The molecule has 1 aliphatic heterocycles. The van der Waals surface area contributed by atoms with Crippen molar-refractivity contribution >= 4 is 29.7 Å². The highest BCUT2D eigenvalue weighted by Crippen LogP contribution is 2.32. The molecule has 0 unspecified atom stereocenters. The van der Waals surface area contributed by atoms with Crippen molar-refractivity contribution in [2.45, 2.75) is 20.4 Å². The lowest BCUT2D eigenvalue weighted by molar-refractivity contribution is -0.384. The van der Waals surface area contributed by atoms with Gasteiger partial charge in [-0.2, -0.15) is 0 Å². The molecule has 12 nitrogen and oxygen atoms in total. The van der Waals surface area contributed by atoms with Crippen molar-refractivity contribution in [3.05, 3.63) is 80.7 Å². The van der Waals surface area contributed by atoms with E-state index in [4.69, 9.17) is 9.15 Å². The number of nitro benzene ring substituents is 1. The maximum Gasteiger partial charge on any atom is 0.373 e. The molecule has 1 fully saturated rings. The predicted octanol–water partition coefficient (Wildman–Crippen LogP) is 3.48. The molecular weight excluding hydrogens is 472 g/mol. The summed E-state index contributed by atoms with van der Waals surface area (Å²) in [6, 6.07) is 8.31. The zero-order valence-electron chi connectivity index (χ0n) is 19.9. The lowest BCUT2D eigenvalue weighted by atomic mass is 10.2. The number of hydrogen-bond donors (Lipinski definition) is 1. The standard InChI is InChI=1S/C24H22N4O8/c1-13-9-15(14(2)27(13)19-11-16(28(32)33)5-7-20(19)34-3)10-18-22(29)26(24(31)25-18)12-17-6-8-21(36-17)23(30)35-4/h5-11H,12H2,1-4H3,(H,25,31)/b18-10-. The molecule has 0 bridgehead atoms. The van der Waals surface area contributed by atoms with Crippen molar-refractivity contribution in [2.24, 2.45) is 0 Å². The summed E-state index contributed by atoms with van der Waals surface area (Å²) in [6.07, 6.45) is 1.53. The number of non-ortho nitro benzene ring substituents is 1. The molecule has 1 N–H and O–H groups in total. The number of carbonyl (C=O) groups excluding carboxylic acids is 3. The molecule has 0 atom stereocenters. The van der Waals surface area contributed by atoms with E-state index in [1.807, 2.05) is 6.92 Å². The van der Waals surface area contributed by atoms with E-state index in [-0.39, 0.29) is 29.4 Å². The van der Waals surface area contributed by atoms with Crippen LogP contribution in [0.25, 0.3) is 11.8 Å². The van der Waals surface area contributed by atoms with Gasteiger partial charge in [-0.25, -0.2) is 9.59 Å². The number of carbonyl (C=O) groups is 3. The molecule has 1 aliphatic rings. The summed E-state index contributed by atoms with van der Waals surface area (Å²) in [7, 11) is 2.68. The topological polar surface area (TPSA) is 146 Å². The van der Waals surface area contributed by atoms with Crippen molar-refractivity contribution in [3.63, 3.8) is 0 Å². The van der Waals surface area contributed by atoms with E-state index in [9.17, 15) is 24.5 Å². The van der Waals surface area contributed by atoms with E-state index < -0.39 is 22.8 Å². The Morgan fingerprint density at radius 1 is 1.17 bits per heavy atom. The van der Waals surface area contributed by atoms with Crippen molar-refractivity contribution in [2.75, 3.05) is 14.2 Å². The smallest absolute Gasteiger partial charge is 0.373 e. The number of aryl methyl sites for hydroxylation is 1. The van der Waals surface area contributed by atoms with Crippen LogP contribution in [0.4, 0.5) is 10.5 Å². The van der Waals surface area contributed by atoms with Gasteiger partial charge in [0.1, 0.15) is 17.2 Å². The fourth-order valence-corrected chi connectivity index (χ4v) is 3.97. The van der Waals surface area contributed by atoms with Crippen LogP contribution in [0.2, 0.25) is 0 Å².